The van der Waals surface area contributed by atoms with E-state index in [0.717, 1.165) is 0 Å². The third kappa shape index (κ3) is 5.14. The molecule has 2 aromatic rings. The van der Waals surface area contributed by atoms with Crippen LogP contribution in [0, 0.1) is 0 Å². The standard InChI is InChI=1S/C18H17Cl5N4O3/c1-2-30-16(28)14-15(25-13-9-11(20)10(19)8-12(13)24-14)26-4-3-5-27(7-6-26)17(29)18(21,22)23/h8-9H,2-7H2,1H3. The van der Waals surface area contributed by atoms with Crippen molar-refractivity contribution in [3.05, 3.63) is 27.9 Å². The van der Waals surface area contributed by atoms with Gasteiger partial charge in [0.2, 0.25) is 0 Å². The Hall–Kier alpha value is -1.25. The average molecular weight is 515 g/mol. The van der Waals surface area contributed by atoms with Gasteiger partial charge in [-0.15, -0.1) is 0 Å². The van der Waals surface area contributed by atoms with E-state index in [2.05, 4.69) is 9.97 Å². The number of hydrogen-bond acceptors (Lipinski definition) is 6. The lowest BCUT2D eigenvalue weighted by molar-refractivity contribution is -0.130. The predicted octanol–water partition coefficient (Wildman–Crippen LogP) is 4.52. The summed E-state index contributed by atoms with van der Waals surface area (Å²) in [5.41, 5.74) is 0.953. The number of aromatic nitrogens is 2. The third-order valence-electron chi connectivity index (χ3n) is 4.48. The molecule has 12 heteroatoms. The van der Waals surface area contributed by atoms with E-state index in [9.17, 15) is 9.59 Å². The lowest BCUT2D eigenvalue weighted by atomic mass is 10.2. The molecule has 0 unspecified atom stereocenters. The van der Waals surface area contributed by atoms with Crippen molar-refractivity contribution in [3.63, 3.8) is 0 Å². The molecule has 1 aromatic heterocycles. The molecular formula is C18H17Cl5N4O3. The van der Waals surface area contributed by atoms with Crippen LogP contribution >= 0.6 is 58.0 Å². The van der Waals surface area contributed by atoms with Gasteiger partial charge in [0.05, 0.1) is 27.7 Å². The van der Waals surface area contributed by atoms with Crippen LogP contribution in [-0.2, 0) is 9.53 Å². The van der Waals surface area contributed by atoms with Crippen LogP contribution in [0.1, 0.15) is 23.8 Å². The van der Waals surface area contributed by atoms with Crippen LogP contribution in [0.15, 0.2) is 12.1 Å². The number of rotatable bonds is 3. The largest absolute Gasteiger partial charge is 0.461 e. The van der Waals surface area contributed by atoms with Gasteiger partial charge in [0.15, 0.2) is 11.5 Å². The minimum absolute atomic E-state index is 0.0592. The van der Waals surface area contributed by atoms with Crippen LogP contribution in [0.2, 0.25) is 10.0 Å². The van der Waals surface area contributed by atoms with Gasteiger partial charge < -0.3 is 14.5 Å². The van der Waals surface area contributed by atoms with Gasteiger partial charge in [-0.3, -0.25) is 4.79 Å². The molecular weight excluding hydrogens is 497 g/mol. The number of halogens is 5. The number of benzene rings is 1. The quantitative estimate of drug-likeness (QED) is 0.443. The third-order valence-corrected chi connectivity index (χ3v) is 5.69. The zero-order valence-corrected chi connectivity index (χ0v) is 19.6. The van der Waals surface area contributed by atoms with E-state index in [1.54, 1.807) is 19.1 Å². The molecule has 2 heterocycles. The van der Waals surface area contributed by atoms with Crippen LogP contribution < -0.4 is 4.90 Å². The molecule has 3 rings (SSSR count). The first-order valence-electron chi connectivity index (χ1n) is 9.06. The van der Waals surface area contributed by atoms with Crippen molar-refractivity contribution in [3.8, 4) is 0 Å². The first-order valence-corrected chi connectivity index (χ1v) is 11.0. The van der Waals surface area contributed by atoms with Crippen LogP contribution in [0.3, 0.4) is 0 Å². The number of esters is 1. The van der Waals surface area contributed by atoms with Crippen molar-refractivity contribution >= 4 is 86.7 Å². The van der Waals surface area contributed by atoms with Crippen LogP contribution in [0.4, 0.5) is 5.82 Å². The van der Waals surface area contributed by atoms with Crippen LogP contribution in [0.25, 0.3) is 11.0 Å². The molecule has 0 saturated carbocycles. The molecule has 0 bridgehead atoms. The predicted molar refractivity (Wildman–Crippen MR) is 119 cm³/mol. The van der Waals surface area contributed by atoms with Crippen molar-refractivity contribution in [1.29, 1.82) is 0 Å². The highest BCUT2D eigenvalue weighted by molar-refractivity contribution is 6.76. The number of carbonyl (C=O) groups is 2. The Labute approximate surface area is 198 Å². The number of fused-ring (bicyclic) bond motifs is 1. The second-order valence-electron chi connectivity index (χ2n) is 6.50. The molecule has 0 radical (unpaired) electrons. The molecule has 0 aliphatic carbocycles. The number of hydrogen-bond donors (Lipinski definition) is 0. The Morgan fingerprint density at radius 2 is 1.67 bits per heavy atom. The summed E-state index contributed by atoms with van der Waals surface area (Å²) in [7, 11) is 0. The molecule has 0 atom stereocenters. The second kappa shape index (κ2) is 9.49. The fraction of sp³-hybridized carbons (Fsp3) is 0.444. The topological polar surface area (TPSA) is 75.6 Å². The summed E-state index contributed by atoms with van der Waals surface area (Å²) in [4.78, 5) is 37.2. The number of ether oxygens (including phenoxy) is 1. The monoisotopic (exact) mass is 512 g/mol. The Balaban J connectivity index is 1.98. The van der Waals surface area contributed by atoms with E-state index in [1.807, 2.05) is 4.90 Å². The Morgan fingerprint density at radius 1 is 1.03 bits per heavy atom. The number of carbonyl (C=O) groups excluding carboxylic acids is 2. The highest BCUT2D eigenvalue weighted by atomic mass is 35.6. The van der Waals surface area contributed by atoms with E-state index >= 15 is 0 Å². The highest BCUT2D eigenvalue weighted by Crippen LogP contribution is 2.31. The minimum Gasteiger partial charge on any atom is -0.461 e. The zero-order valence-electron chi connectivity index (χ0n) is 15.8. The van der Waals surface area contributed by atoms with Crippen molar-refractivity contribution in [1.82, 2.24) is 14.9 Å². The van der Waals surface area contributed by atoms with Crippen molar-refractivity contribution in [2.75, 3.05) is 37.7 Å². The lowest BCUT2D eigenvalue weighted by Gasteiger charge is -2.25. The van der Waals surface area contributed by atoms with Crippen molar-refractivity contribution in [2.24, 2.45) is 0 Å². The van der Waals surface area contributed by atoms with Gasteiger partial charge in [-0.25, -0.2) is 14.8 Å². The van der Waals surface area contributed by atoms with Crippen LogP contribution in [0.5, 0.6) is 0 Å². The average Bonchev–Trinajstić information content (AvgIpc) is 2.93. The molecule has 30 heavy (non-hydrogen) atoms. The summed E-state index contributed by atoms with van der Waals surface area (Å²) in [5, 5.41) is 0.625. The lowest BCUT2D eigenvalue weighted by Crippen LogP contribution is -2.41. The maximum Gasteiger partial charge on any atom is 0.360 e. The van der Waals surface area contributed by atoms with Crippen LogP contribution in [-0.4, -0.2) is 63.3 Å². The molecule has 1 amide bonds. The van der Waals surface area contributed by atoms with Crippen molar-refractivity contribution in [2.45, 2.75) is 17.1 Å². The maximum atomic E-state index is 12.6. The molecule has 1 aromatic carbocycles. The van der Waals surface area contributed by atoms with Gasteiger partial charge >= 0.3 is 5.97 Å². The summed E-state index contributed by atoms with van der Waals surface area (Å²) < 4.78 is 3.13. The number of alkyl halides is 3. The molecule has 162 valence electrons. The number of anilines is 1. The molecule has 7 nitrogen and oxygen atoms in total. The number of amides is 1. The Kier molecular flexibility index (Phi) is 7.40. The zero-order chi connectivity index (χ0) is 22.1. The maximum absolute atomic E-state index is 12.6. The highest BCUT2D eigenvalue weighted by Gasteiger charge is 2.36. The fourth-order valence-corrected chi connectivity index (χ4v) is 3.79. The van der Waals surface area contributed by atoms with Gasteiger partial charge in [0, 0.05) is 26.2 Å². The van der Waals surface area contributed by atoms with Gasteiger partial charge in [-0.2, -0.15) is 0 Å². The van der Waals surface area contributed by atoms with E-state index < -0.39 is 15.7 Å². The summed E-state index contributed by atoms with van der Waals surface area (Å²) in [6.07, 6.45) is 0.579. The first-order chi connectivity index (χ1) is 14.1. The molecule has 0 N–H and O–H groups in total. The molecule has 0 spiro atoms. The van der Waals surface area contributed by atoms with Gasteiger partial charge in [-0.1, -0.05) is 58.0 Å². The summed E-state index contributed by atoms with van der Waals surface area (Å²) in [6.45, 7) is 3.45. The smallest absolute Gasteiger partial charge is 0.360 e. The van der Waals surface area contributed by atoms with E-state index in [1.165, 1.54) is 4.90 Å². The van der Waals surface area contributed by atoms with E-state index in [-0.39, 0.29) is 18.8 Å². The summed E-state index contributed by atoms with van der Waals surface area (Å²) in [6, 6.07) is 3.13. The van der Waals surface area contributed by atoms with Gasteiger partial charge in [0.25, 0.3) is 9.70 Å². The minimum atomic E-state index is -2.02. The SMILES string of the molecule is CCOC(=O)c1nc2cc(Cl)c(Cl)cc2nc1N1CCCN(C(=O)C(Cl)(Cl)Cl)CC1. The first kappa shape index (κ1) is 23.4. The van der Waals surface area contributed by atoms with Gasteiger partial charge in [0.1, 0.15) is 0 Å². The molecule has 1 aliphatic heterocycles. The normalized spacial score (nSPS) is 15.3. The molecule has 1 saturated heterocycles. The van der Waals surface area contributed by atoms with E-state index in [4.69, 9.17) is 62.7 Å². The summed E-state index contributed by atoms with van der Waals surface area (Å²) in [5.74, 6) is -0.861. The van der Waals surface area contributed by atoms with Crippen molar-refractivity contribution < 1.29 is 14.3 Å². The number of nitrogens with zero attached hydrogens (tertiary/aromatic N) is 4. The molecule has 1 fully saturated rings. The van der Waals surface area contributed by atoms with Gasteiger partial charge in [-0.05, 0) is 25.5 Å². The second-order valence-corrected chi connectivity index (χ2v) is 9.60. The summed E-state index contributed by atoms with van der Waals surface area (Å²) >= 11 is 29.4. The van der Waals surface area contributed by atoms with E-state index in [0.29, 0.717) is 53.0 Å². The molecule has 1 aliphatic rings. The Morgan fingerprint density at radius 3 is 2.27 bits per heavy atom. The Bertz CT molecular complexity index is 982. The fourth-order valence-electron chi connectivity index (χ4n) is 3.11.